The molecule has 0 bridgehead atoms. The molecule has 21 heavy (non-hydrogen) atoms. The van der Waals surface area contributed by atoms with E-state index in [0.29, 0.717) is 12.0 Å². The van der Waals surface area contributed by atoms with Crippen molar-refractivity contribution in [1.29, 1.82) is 0 Å². The Morgan fingerprint density at radius 2 is 1.95 bits per heavy atom. The molecule has 0 aliphatic heterocycles. The number of halogens is 1. The molecule has 116 valence electrons. The smallest absolute Gasteiger partial charge is 0.306 e. The lowest BCUT2D eigenvalue weighted by Gasteiger charge is -2.15. The van der Waals surface area contributed by atoms with Crippen LogP contribution in [0, 0.1) is 12.8 Å². The Bertz CT molecular complexity index is 516. The Hall–Kier alpha value is -1.36. The normalized spacial score (nSPS) is 13.5. The average molecular weight is 356 g/mol. The van der Waals surface area contributed by atoms with E-state index in [-0.39, 0.29) is 17.9 Å². The third-order valence-electron chi connectivity index (χ3n) is 3.51. The van der Waals surface area contributed by atoms with Crippen LogP contribution in [0.5, 0.6) is 0 Å². The van der Waals surface area contributed by atoms with Gasteiger partial charge in [-0.05, 0) is 44.4 Å². The van der Waals surface area contributed by atoms with Gasteiger partial charge < -0.3 is 10.4 Å². The number of aliphatic carboxylic acids is 1. The zero-order valence-electron chi connectivity index (χ0n) is 12.6. The Kier molecular flexibility index (Phi) is 6.89. The van der Waals surface area contributed by atoms with Gasteiger partial charge in [0.05, 0.1) is 5.92 Å². The maximum absolute atomic E-state index is 12.1. The number of carbonyl (C=O) groups excluding carboxylic acids is 1. The maximum atomic E-state index is 12.1. The van der Waals surface area contributed by atoms with Crippen LogP contribution < -0.4 is 5.32 Å². The van der Waals surface area contributed by atoms with Gasteiger partial charge in [-0.25, -0.2) is 0 Å². The molecule has 1 aromatic carbocycles. The summed E-state index contributed by atoms with van der Waals surface area (Å²) in [5.74, 6) is -1.20. The highest BCUT2D eigenvalue weighted by Gasteiger charge is 2.13. The van der Waals surface area contributed by atoms with E-state index in [1.54, 1.807) is 13.0 Å². The first-order valence-electron chi connectivity index (χ1n) is 7.11. The first-order chi connectivity index (χ1) is 9.81. The third-order valence-corrected chi connectivity index (χ3v) is 4.36. The number of benzene rings is 1. The van der Waals surface area contributed by atoms with Gasteiger partial charge in [-0.2, -0.15) is 0 Å². The number of aryl methyl sites for hydroxylation is 1. The summed E-state index contributed by atoms with van der Waals surface area (Å²) in [4.78, 5) is 22.8. The van der Waals surface area contributed by atoms with Gasteiger partial charge in [0.1, 0.15) is 0 Å². The summed E-state index contributed by atoms with van der Waals surface area (Å²) in [6.07, 6.45) is 2.19. The van der Waals surface area contributed by atoms with Crippen LogP contribution in [-0.4, -0.2) is 23.0 Å². The fourth-order valence-electron chi connectivity index (χ4n) is 1.97. The molecule has 2 N–H and O–H groups in total. The Balaban J connectivity index is 2.43. The van der Waals surface area contributed by atoms with E-state index in [1.807, 2.05) is 26.0 Å². The summed E-state index contributed by atoms with van der Waals surface area (Å²) in [6.45, 7) is 5.61. The topological polar surface area (TPSA) is 66.4 Å². The molecule has 4 nitrogen and oxygen atoms in total. The largest absolute Gasteiger partial charge is 0.481 e. The monoisotopic (exact) mass is 355 g/mol. The van der Waals surface area contributed by atoms with E-state index in [4.69, 9.17) is 5.11 Å². The van der Waals surface area contributed by atoms with Crippen LogP contribution in [0.1, 0.15) is 49.0 Å². The quantitative estimate of drug-likeness (QED) is 0.782. The molecule has 2 unspecified atom stereocenters. The van der Waals surface area contributed by atoms with Crippen molar-refractivity contribution in [1.82, 2.24) is 5.32 Å². The van der Waals surface area contributed by atoms with E-state index in [2.05, 4.69) is 21.2 Å². The van der Waals surface area contributed by atoms with Gasteiger partial charge >= 0.3 is 5.97 Å². The summed E-state index contributed by atoms with van der Waals surface area (Å²) in [7, 11) is 0. The van der Waals surface area contributed by atoms with Crippen LogP contribution in [0.2, 0.25) is 0 Å². The highest BCUT2D eigenvalue weighted by Crippen LogP contribution is 2.17. The molecular weight excluding hydrogens is 334 g/mol. The van der Waals surface area contributed by atoms with Crippen LogP contribution in [0.15, 0.2) is 22.7 Å². The molecule has 1 aromatic rings. The van der Waals surface area contributed by atoms with E-state index >= 15 is 0 Å². The van der Waals surface area contributed by atoms with E-state index in [0.717, 1.165) is 22.9 Å². The van der Waals surface area contributed by atoms with Crippen molar-refractivity contribution in [2.75, 3.05) is 0 Å². The molecule has 0 radical (unpaired) electrons. The summed E-state index contributed by atoms with van der Waals surface area (Å²) >= 11 is 3.42. The zero-order chi connectivity index (χ0) is 16.0. The summed E-state index contributed by atoms with van der Waals surface area (Å²) in [6, 6.07) is 5.54. The second kappa shape index (κ2) is 8.17. The van der Waals surface area contributed by atoms with Gasteiger partial charge in [0.15, 0.2) is 0 Å². The van der Waals surface area contributed by atoms with Crippen molar-refractivity contribution >= 4 is 27.8 Å². The molecule has 0 heterocycles. The van der Waals surface area contributed by atoms with Gasteiger partial charge in [0.25, 0.3) is 5.91 Å². The molecule has 5 heteroatoms. The second-order valence-electron chi connectivity index (χ2n) is 5.51. The van der Waals surface area contributed by atoms with E-state index in [9.17, 15) is 9.59 Å². The van der Waals surface area contributed by atoms with Gasteiger partial charge in [0, 0.05) is 16.1 Å². The minimum absolute atomic E-state index is 0.0265. The van der Waals surface area contributed by atoms with E-state index in [1.165, 1.54) is 0 Å². The molecule has 2 atom stereocenters. The standard InChI is InChI=1S/C16H22BrNO3/c1-10-7-8-13(9-14(10)17)15(19)18-12(3)6-4-5-11(2)16(20)21/h7-9,11-12H,4-6H2,1-3H3,(H,18,19)(H,20,21). The fraction of sp³-hybridized carbons (Fsp3) is 0.500. The van der Waals surface area contributed by atoms with Crippen molar-refractivity contribution in [3.8, 4) is 0 Å². The molecule has 0 fully saturated rings. The molecule has 0 saturated heterocycles. The lowest BCUT2D eigenvalue weighted by Crippen LogP contribution is -2.32. The van der Waals surface area contributed by atoms with Crippen LogP contribution in [0.3, 0.4) is 0 Å². The SMILES string of the molecule is Cc1ccc(C(=O)NC(C)CCCC(C)C(=O)O)cc1Br. The van der Waals surface area contributed by atoms with Crippen molar-refractivity contribution in [2.24, 2.45) is 5.92 Å². The van der Waals surface area contributed by atoms with Crippen molar-refractivity contribution < 1.29 is 14.7 Å². The number of carbonyl (C=O) groups is 2. The minimum Gasteiger partial charge on any atom is -0.481 e. The van der Waals surface area contributed by atoms with Crippen LogP contribution in [0.25, 0.3) is 0 Å². The Morgan fingerprint density at radius 3 is 2.52 bits per heavy atom. The molecule has 0 aliphatic rings. The molecule has 0 aromatic heterocycles. The third kappa shape index (κ3) is 5.87. The molecule has 1 amide bonds. The first kappa shape index (κ1) is 17.7. The molecular formula is C16H22BrNO3. The second-order valence-corrected chi connectivity index (χ2v) is 6.36. The van der Waals surface area contributed by atoms with Crippen LogP contribution in [-0.2, 0) is 4.79 Å². The zero-order valence-corrected chi connectivity index (χ0v) is 14.2. The summed E-state index contributed by atoms with van der Waals surface area (Å²) < 4.78 is 0.915. The van der Waals surface area contributed by atoms with Gasteiger partial charge in [-0.1, -0.05) is 35.3 Å². The molecule has 1 rings (SSSR count). The predicted molar refractivity (Wildman–Crippen MR) is 86.5 cm³/mol. The highest BCUT2D eigenvalue weighted by molar-refractivity contribution is 9.10. The van der Waals surface area contributed by atoms with Crippen LogP contribution >= 0.6 is 15.9 Å². The Morgan fingerprint density at radius 1 is 1.29 bits per heavy atom. The van der Waals surface area contributed by atoms with Crippen molar-refractivity contribution in [3.63, 3.8) is 0 Å². The fourth-order valence-corrected chi connectivity index (χ4v) is 2.35. The maximum Gasteiger partial charge on any atom is 0.306 e. The lowest BCUT2D eigenvalue weighted by atomic mass is 10.0. The predicted octanol–water partition coefficient (Wildman–Crippen LogP) is 3.77. The number of nitrogens with one attached hydrogen (secondary N) is 1. The summed E-state index contributed by atoms with van der Waals surface area (Å²) in [5.41, 5.74) is 1.71. The molecule has 0 saturated carbocycles. The highest BCUT2D eigenvalue weighted by atomic mass is 79.9. The van der Waals surface area contributed by atoms with E-state index < -0.39 is 5.97 Å². The molecule has 0 spiro atoms. The number of carboxylic acid groups (broad SMARTS) is 1. The summed E-state index contributed by atoms with van der Waals surface area (Å²) in [5, 5.41) is 11.8. The average Bonchev–Trinajstić information content (AvgIpc) is 2.41. The molecule has 0 aliphatic carbocycles. The van der Waals surface area contributed by atoms with Gasteiger partial charge in [-0.3, -0.25) is 9.59 Å². The van der Waals surface area contributed by atoms with Crippen molar-refractivity contribution in [3.05, 3.63) is 33.8 Å². The van der Waals surface area contributed by atoms with Gasteiger partial charge in [0.2, 0.25) is 0 Å². The number of rotatable bonds is 7. The Labute approximate surface area is 134 Å². The van der Waals surface area contributed by atoms with Crippen LogP contribution in [0.4, 0.5) is 0 Å². The number of amides is 1. The lowest BCUT2D eigenvalue weighted by molar-refractivity contribution is -0.141. The number of hydrogen-bond donors (Lipinski definition) is 2. The number of hydrogen-bond acceptors (Lipinski definition) is 2. The minimum atomic E-state index is -0.767. The number of carboxylic acids is 1. The van der Waals surface area contributed by atoms with Gasteiger partial charge in [-0.15, -0.1) is 0 Å². The first-order valence-corrected chi connectivity index (χ1v) is 7.90. The van der Waals surface area contributed by atoms with Crippen molar-refractivity contribution in [2.45, 2.75) is 46.1 Å².